The van der Waals surface area contributed by atoms with Crippen LogP contribution in [0.2, 0.25) is 0 Å². The number of halogens is 1. The van der Waals surface area contributed by atoms with Crippen molar-refractivity contribution in [1.82, 2.24) is 9.97 Å². The third-order valence-corrected chi connectivity index (χ3v) is 5.03. The Morgan fingerprint density at radius 3 is 2.86 bits per heavy atom. The van der Waals surface area contributed by atoms with Crippen molar-refractivity contribution in [3.63, 3.8) is 0 Å². The van der Waals surface area contributed by atoms with Gasteiger partial charge in [-0.15, -0.1) is 0 Å². The molecule has 0 saturated heterocycles. The topological polar surface area (TPSA) is 77.2 Å². The predicted octanol–water partition coefficient (Wildman–Crippen LogP) is 4.67. The minimum atomic E-state index is -0.312. The van der Waals surface area contributed by atoms with Gasteiger partial charge in [0.25, 0.3) is 0 Å². The van der Waals surface area contributed by atoms with Crippen LogP contribution in [0.25, 0.3) is 21.5 Å². The number of carbonyl (C=O) groups is 1. The lowest BCUT2D eigenvalue weighted by atomic mass is 10.2. The van der Waals surface area contributed by atoms with E-state index in [2.05, 4.69) is 15.3 Å². The van der Waals surface area contributed by atoms with E-state index in [1.165, 1.54) is 23.5 Å². The fraction of sp³-hybridized carbons (Fsp3) is 0.150. The van der Waals surface area contributed by atoms with E-state index in [9.17, 15) is 9.18 Å². The van der Waals surface area contributed by atoms with E-state index in [1.807, 2.05) is 18.2 Å². The molecule has 0 radical (unpaired) electrons. The van der Waals surface area contributed by atoms with Gasteiger partial charge in [-0.05, 0) is 36.4 Å². The maximum Gasteiger partial charge on any atom is 0.226 e. The Labute approximate surface area is 164 Å². The molecule has 0 unspecified atom stereocenters. The number of thiazole rings is 1. The smallest absolute Gasteiger partial charge is 0.226 e. The van der Waals surface area contributed by atoms with Gasteiger partial charge in [-0.25, -0.2) is 14.4 Å². The Morgan fingerprint density at radius 1 is 1.25 bits per heavy atom. The number of nitrogens with one attached hydrogen (secondary N) is 1. The number of hydrogen-bond acceptors (Lipinski definition) is 6. The number of carbonyl (C=O) groups excluding carboxylic acids is 1. The number of hydrogen-bond donors (Lipinski definition) is 1. The molecule has 0 aliphatic heterocycles. The third-order valence-electron chi connectivity index (χ3n) is 4.10. The van der Waals surface area contributed by atoms with Gasteiger partial charge >= 0.3 is 0 Å². The summed E-state index contributed by atoms with van der Waals surface area (Å²) in [5, 5.41) is 3.32. The maximum absolute atomic E-state index is 13.0. The standard InChI is InChI=1S/C20H16FN3O3S/c1-26-14-3-2-4-16-19(14)24-20(28-16)23-17(25)9-10-18-22-11-15(27-18)12-5-7-13(21)8-6-12/h2-8,11H,9-10H2,1H3,(H,23,24,25). The number of benzene rings is 2. The molecule has 4 aromatic rings. The molecule has 0 saturated carbocycles. The van der Waals surface area contributed by atoms with Crippen molar-refractivity contribution in [2.45, 2.75) is 12.8 Å². The Morgan fingerprint density at radius 2 is 2.07 bits per heavy atom. The molecule has 0 bridgehead atoms. The molecule has 28 heavy (non-hydrogen) atoms. The molecule has 142 valence electrons. The number of oxazole rings is 1. The second-order valence-electron chi connectivity index (χ2n) is 6.00. The van der Waals surface area contributed by atoms with Crippen LogP contribution < -0.4 is 10.1 Å². The highest BCUT2D eigenvalue weighted by Gasteiger charge is 2.13. The highest BCUT2D eigenvalue weighted by atomic mass is 32.1. The first kappa shape index (κ1) is 18.1. The number of para-hydroxylation sites is 1. The van der Waals surface area contributed by atoms with Crippen molar-refractivity contribution in [2.75, 3.05) is 12.4 Å². The van der Waals surface area contributed by atoms with Gasteiger partial charge in [-0.2, -0.15) is 0 Å². The van der Waals surface area contributed by atoms with E-state index in [0.717, 1.165) is 15.8 Å². The van der Waals surface area contributed by atoms with Crippen molar-refractivity contribution in [1.29, 1.82) is 0 Å². The summed E-state index contributed by atoms with van der Waals surface area (Å²) in [6.45, 7) is 0. The van der Waals surface area contributed by atoms with Crippen LogP contribution in [0.15, 0.2) is 53.1 Å². The summed E-state index contributed by atoms with van der Waals surface area (Å²) in [6.07, 6.45) is 2.12. The number of rotatable bonds is 6. The second kappa shape index (κ2) is 7.77. The minimum absolute atomic E-state index is 0.181. The monoisotopic (exact) mass is 397 g/mol. The van der Waals surface area contributed by atoms with Crippen molar-refractivity contribution in [3.05, 3.63) is 60.4 Å². The first-order valence-corrected chi connectivity index (χ1v) is 9.38. The van der Waals surface area contributed by atoms with Gasteiger partial charge in [-0.1, -0.05) is 17.4 Å². The van der Waals surface area contributed by atoms with E-state index >= 15 is 0 Å². The molecule has 2 aromatic heterocycles. The van der Waals surface area contributed by atoms with Crippen molar-refractivity contribution in [3.8, 4) is 17.1 Å². The SMILES string of the molecule is COc1cccc2sc(NC(=O)CCc3ncc(-c4ccc(F)cc4)o3)nc12. The molecule has 0 spiro atoms. The van der Waals surface area contributed by atoms with Crippen LogP contribution in [-0.4, -0.2) is 23.0 Å². The summed E-state index contributed by atoms with van der Waals surface area (Å²) >= 11 is 1.39. The van der Waals surface area contributed by atoms with Crippen LogP contribution in [0.3, 0.4) is 0 Å². The van der Waals surface area contributed by atoms with Crippen molar-refractivity contribution in [2.24, 2.45) is 0 Å². The number of amides is 1. The van der Waals surface area contributed by atoms with Crippen LogP contribution in [0.1, 0.15) is 12.3 Å². The first-order valence-electron chi connectivity index (χ1n) is 8.56. The van der Waals surface area contributed by atoms with E-state index in [1.54, 1.807) is 25.4 Å². The number of ether oxygens (including phenoxy) is 1. The molecule has 6 nitrogen and oxygen atoms in total. The fourth-order valence-electron chi connectivity index (χ4n) is 2.72. The van der Waals surface area contributed by atoms with Crippen LogP contribution >= 0.6 is 11.3 Å². The number of nitrogens with zero attached hydrogens (tertiary/aromatic N) is 2. The highest BCUT2D eigenvalue weighted by Crippen LogP contribution is 2.32. The van der Waals surface area contributed by atoms with Crippen LogP contribution in [0.5, 0.6) is 5.75 Å². The van der Waals surface area contributed by atoms with Gasteiger partial charge < -0.3 is 14.5 Å². The molecular formula is C20H16FN3O3S. The fourth-order valence-corrected chi connectivity index (χ4v) is 3.62. The van der Waals surface area contributed by atoms with Crippen LogP contribution in [-0.2, 0) is 11.2 Å². The van der Waals surface area contributed by atoms with E-state index in [0.29, 0.717) is 29.0 Å². The molecule has 2 heterocycles. The predicted molar refractivity (Wildman–Crippen MR) is 105 cm³/mol. The summed E-state index contributed by atoms with van der Waals surface area (Å²) in [7, 11) is 1.59. The average molecular weight is 397 g/mol. The molecule has 8 heteroatoms. The van der Waals surface area contributed by atoms with Gasteiger partial charge in [0, 0.05) is 18.4 Å². The van der Waals surface area contributed by atoms with E-state index in [4.69, 9.17) is 9.15 Å². The van der Waals surface area contributed by atoms with Gasteiger partial charge in [-0.3, -0.25) is 4.79 Å². The average Bonchev–Trinajstić information content (AvgIpc) is 3.33. The highest BCUT2D eigenvalue weighted by molar-refractivity contribution is 7.22. The quantitative estimate of drug-likeness (QED) is 0.512. The summed E-state index contributed by atoms with van der Waals surface area (Å²) in [5.41, 5.74) is 1.45. The lowest BCUT2D eigenvalue weighted by Gasteiger charge is -2.00. The normalized spacial score (nSPS) is 10.9. The Hall–Kier alpha value is -3.26. The lowest BCUT2D eigenvalue weighted by Crippen LogP contribution is -2.12. The zero-order valence-electron chi connectivity index (χ0n) is 14.9. The summed E-state index contributed by atoms with van der Waals surface area (Å²) in [5.74, 6) is 1.16. The third kappa shape index (κ3) is 3.86. The Bertz CT molecular complexity index is 1120. The summed E-state index contributed by atoms with van der Waals surface area (Å²) in [4.78, 5) is 20.8. The second-order valence-corrected chi connectivity index (χ2v) is 7.03. The molecule has 0 fully saturated rings. The van der Waals surface area contributed by atoms with E-state index < -0.39 is 0 Å². The minimum Gasteiger partial charge on any atom is -0.494 e. The van der Waals surface area contributed by atoms with Gasteiger partial charge in [0.15, 0.2) is 16.8 Å². The van der Waals surface area contributed by atoms with Crippen molar-refractivity contribution < 1.29 is 18.3 Å². The molecule has 1 amide bonds. The maximum atomic E-state index is 13.0. The number of aromatic nitrogens is 2. The lowest BCUT2D eigenvalue weighted by molar-refractivity contribution is -0.116. The number of fused-ring (bicyclic) bond motifs is 1. The molecule has 4 rings (SSSR count). The van der Waals surface area contributed by atoms with Gasteiger partial charge in [0.2, 0.25) is 5.91 Å². The number of anilines is 1. The summed E-state index contributed by atoms with van der Waals surface area (Å²) in [6, 6.07) is 11.6. The van der Waals surface area contributed by atoms with Crippen LogP contribution in [0.4, 0.5) is 9.52 Å². The zero-order chi connectivity index (χ0) is 19.5. The molecule has 1 N–H and O–H groups in total. The largest absolute Gasteiger partial charge is 0.494 e. The van der Waals surface area contributed by atoms with Gasteiger partial charge in [0.1, 0.15) is 17.1 Å². The molecule has 0 aliphatic rings. The zero-order valence-corrected chi connectivity index (χ0v) is 15.8. The molecular weight excluding hydrogens is 381 g/mol. The van der Waals surface area contributed by atoms with Crippen LogP contribution in [0, 0.1) is 5.82 Å². The van der Waals surface area contributed by atoms with Crippen molar-refractivity contribution >= 4 is 32.6 Å². The Balaban J connectivity index is 1.38. The van der Waals surface area contributed by atoms with Gasteiger partial charge in [0.05, 0.1) is 18.0 Å². The molecule has 2 aromatic carbocycles. The summed E-state index contributed by atoms with van der Waals surface area (Å²) < 4.78 is 24.9. The Kier molecular flexibility index (Phi) is 5.03. The number of methoxy groups -OCH3 is 1. The number of aryl methyl sites for hydroxylation is 1. The van der Waals surface area contributed by atoms with E-state index in [-0.39, 0.29) is 18.1 Å². The molecule has 0 aliphatic carbocycles. The molecule has 0 atom stereocenters. The first-order chi connectivity index (χ1) is 13.6.